The molecule has 0 bridgehead atoms. The first-order chi connectivity index (χ1) is 13.6. The van der Waals surface area contributed by atoms with Crippen molar-refractivity contribution in [1.29, 1.82) is 0 Å². The second-order valence-corrected chi connectivity index (χ2v) is 7.58. The normalized spacial score (nSPS) is 16.3. The smallest absolute Gasteiger partial charge is 0.225 e. The van der Waals surface area contributed by atoms with Crippen LogP contribution < -0.4 is 16.0 Å². The van der Waals surface area contributed by atoms with Crippen LogP contribution in [0.5, 0.6) is 0 Å². The molecule has 0 radical (unpaired) electrons. The fourth-order valence-electron chi connectivity index (χ4n) is 3.26. The lowest BCUT2D eigenvalue weighted by Crippen LogP contribution is -2.39. The molecule has 1 aliphatic rings. The van der Waals surface area contributed by atoms with Crippen molar-refractivity contribution in [3.8, 4) is 0 Å². The monoisotopic (exact) mass is 446 g/mol. The highest BCUT2D eigenvalue weighted by atomic mass is 79.9. The number of rotatable bonds is 6. The number of halogens is 2. The topological polar surface area (TPSA) is 65.5 Å². The third kappa shape index (κ3) is 5.32. The molecular weight excluding hydrogens is 423 g/mol. The molecule has 0 saturated heterocycles. The Kier molecular flexibility index (Phi) is 7.03. The van der Waals surface area contributed by atoms with Gasteiger partial charge in [-0.1, -0.05) is 34.1 Å². The fourth-order valence-corrected chi connectivity index (χ4v) is 3.67. The van der Waals surface area contributed by atoms with Gasteiger partial charge in [0.1, 0.15) is 5.82 Å². The number of amides is 1. The minimum atomic E-state index is -0.211. The third-order valence-electron chi connectivity index (χ3n) is 4.62. The number of fused-ring (bicyclic) bond motifs is 1. The summed E-state index contributed by atoms with van der Waals surface area (Å²) in [5, 5.41) is 9.36. The summed E-state index contributed by atoms with van der Waals surface area (Å²) in [6, 6.07) is 12.8. The van der Waals surface area contributed by atoms with E-state index in [0.29, 0.717) is 37.5 Å². The van der Waals surface area contributed by atoms with Crippen LogP contribution in [0, 0.1) is 5.82 Å². The molecule has 1 unspecified atom stereocenters. The summed E-state index contributed by atoms with van der Waals surface area (Å²) in [4.78, 5) is 16.6. The van der Waals surface area contributed by atoms with Crippen LogP contribution in [0.3, 0.4) is 0 Å². The molecule has 5 nitrogen and oxygen atoms in total. The van der Waals surface area contributed by atoms with Gasteiger partial charge in [0.25, 0.3) is 0 Å². The van der Waals surface area contributed by atoms with Gasteiger partial charge in [0.15, 0.2) is 5.96 Å². The average Bonchev–Trinajstić information content (AvgIpc) is 2.68. The van der Waals surface area contributed by atoms with E-state index in [1.165, 1.54) is 6.07 Å². The van der Waals surface area contributed by atoms with Crippen molar-refractivity contribution in [1.82, 2.24) is 10.6 Å². The predicted octanol–water partition coefficient (Wildman–Crippen LogP) is 3.81. The number of carbonyl (C=O) groups is 1. The summed E-state index contributed by atoms with van der Waals surface area (Å²) in [7, 11) is 0. The molecule has 1 heterocycles. The highest BCUT2D eigenvalue weighted by molar-refractivity contribution is 9.10. The van der Waals surface area contributed by atoms with Gasteiger partial charge in [0.2, 0.25) is 5.91 Å². The molecule has 0 fully saturated rings. The Labute approximate surface area is 173 Å². The van der Waals surface area contributed by atoms with Crippen molar-refractivity contribution in [2.75, 3.05) is 25.0 Å². The molecule has 1 atom stereocenters. The zero-order valence-electron chi connectivity index (χ0n) is 15.8. The van der Waals surface area contributed by atoms with E-state index in [4.69, 9.17) is 0 Å². The van der Waals surface area contributed by atoms with E-state index in [1.54, 1.807) is 12.1 Å². The Morgan fingerprint density at radius 3 is 2.93 bits per heavy atom. The van der Waals surface area contributed by atoms with E-state index in [9.17, 15) is 9.18 Å². The van der Waals surface area contributed by atoms with Crippen molar-refractivity contribution in [3.05, 3.63) is 63.9 Å². The van der Waals surface area contributed by atoms with Gasteiger partial charge in [-0.05, 0) is 48.7 Å². The molecule has 3 rings (SSSR count). The number of hydrogen-bond acceptors (Lipinski definition) is 2. The molecule has 1 amide bonds. The van der Waals surface area contributed by atoms with Crippen LogP contribution in [-0.4, -0.2) is 31.5 Å². The van der Waals surface area contributed by atoms with Crippen LogP contribution >= 0.6 is 15.9 Å². The first kappa shape index (κ1) is 20.3. The summed E-state index contributed by atoms with van der Waals surface area (Å²) >= 11 is 3.37. The predicted molar refractivity (Wildman–Crippen MR) is 114 cm³/mol. The van der Waals surface area contributed by atoms with Crippen molar-refractivity contribution in [2.45, 2.75) is 25.7 Å². The number of hydrogen-bond donors (Lipinski definition) is 3. The Bertz CT molecular complexity index is 871. The lowest BCUT2D eigenvalue weighted by atomic mass is 9.91. The quantitative estimate of drug-likeness (QED) is 0.466. The van der Waals surface area contributed by atoms with Crippen LogP contribution in [0.1, 0.15) is 30.4 Å². The highest BCUT2D eigenvalue weighted by Crippen LogP contribution is 2.31. The van der Waals surface area contributed by atoms with Crippen molar-refractivity contribution in [2.24, 2.45) is 4.99 Å². The Morgan fingerprint density at radius 2 is 2.11 bits per heavy atom. The van der Waals surface area contributed by atoms with Gasteiger partial charge in [-0.3, -0.25) is 9.79 Å². The first-order valence-electron chi connectivity index (χ1n) is 9.41. The Hall–Kier alpha value is -2.41. The van der Waals surface area contributed by atoms with Crippen LogP contribution in [0.4, 0.5) is 10.1 Å². The SMILES string of the molecule is CCNC(=NCC1CC(=O)Nc2ccccc21)NCCc1cc(Br)ccc1F. The standard InChI is InChI=1S/C21H24BrFN4O/c1-2-24-21(25-10-9-14-11-16(22)7-8-18(14)23)26-13-15-12-20(28)27-19-6-4-3-5-17(15)19/h3-8,11,15H,2,9-10,12-13H2,1H3,(H,27,28)(H2,24,25,26). The summed E-state index contributed by atoms with van der Waals surface area (Å²) in [5.41, 5.74) is 2.62. The Balaban J connectivity index is 1.63. The van der Waals surface area contributed by atoms with Gasteiger partial charge < -0.3 is 16.0 Å². The molecular formula is C21H24BrFN4O. The molecule has 3 N–H and O–H groups in total. The number of nitrogens with one attached hydrogen (secondary N) is 3. The molecule has 7 heteroatoms. The largest absolute Gasteiger partial charge is 0.357 e. The molecule has 0 saturated carbocycles. The maximum absolute atomic E-state index is 13.9. The number of carbonyl (C=O) groups excluding carboxylic acids is 1. The highest BCUT2D eigenvalue weighted by Gasteiger charge is 2.24. The van der Waals surface area contributed by atoms with Gasteiger partial charge in [0.05, 0.1) is 6.54 Å². The van der Waals surface area contributed by atoms with Gasteiger partial charge in [-0.25, -0.2) is 4.39 Å². The molecule has 1 aliphatic heterocycles. The fraction of sp³-hybridized carbons (Fsp3) is 0.333. The lowest BCUT2D eigenvalue weighted by Gasteiger charge is -2.24. The van der Waals surface area contributed by atoms with Crippen molar-refractivity contribution >= 4 is 33.5 Å². The van der Waals surface area contributed by atoms with Gasteiger partial charge >= 0.3 is 0 Å². The van der Waals surface area contributed by atoms with Crippen LogP contribution in [0.25, 0.3) is 0 Å². The van der Waals surface area contributed by atoms with Crippen LogP contribution in [-0.2, 0) is 11.2 Å². The van der Waals surface area contributed by atoms with Gasteiger partial charge in [-0.15, -0.1) is 0 Å². The molecule has 0 spiro atoms. The zero-order valence-corrected chi connectivity index (χ0v) is 17.4. The number of para-hydroxylation sites is 1. The molecule has 2 aromatic rings. The number of anilines is 1. The molecule has 148 valence electrons. The maximum atomic E-state index is 13.9. The van der Waals surface area contributed by atoms with E-state index in [0.717, 1.165) is 22.3 Å². The van der Waals surface area contributed by atoms with Crippen molar-refractivity contribution < 1.29 is 9.18 Å². The van der Waals surface area contributed by atoms with E-state index in [1.807, 2.05) is 31.2 Å². The van der Waals surface area contributed by atoms with E-state index >= 15 is 0 Å². The Morgan fingerprint density at radius 1 is 1.29 bits per heavy atom. The van der Waals surface area contributed by atoms with Gasteiger partial charge in [0, 0.05) is 35.6 Å². The molecule has 0 aromatic heterocycles. The number of benzene rings is 2. The van der Waals surface area contributed by atoms with E-state index in [2.05, 4.69) is 36.9 Å². The molecule has 28 heavy (non-hydrogen) atoms. The second kappa shape index (κ2) is 9.68. The van der Waals surface area contributed by atoms with Crippen LogP contribution in [0.15, 0.2) is 51.9 Å². The summed E-state index contributed by atoms with van der Waals surface area (Å²) in [5.74, 6) is 0.517. The average molecular weight is 447 g/mol. The zero-order chi connectivity index (χ0) is 19.9. The number of aliphatic imine (C=N–C) groups is 1. The summed E-state index contributed by atoms with van der Waals surface area (Å²) < 4.78 is 14.7. The minimum absolute atomic E-state index is 0.0157. The second-order valence-electron chi connectivity index (χ2n) is 6.67. The molecule has 2 aromatic carbocycles. The van der Waals surface area contributed by atoms with Crippen molar-refractivity contribution in [3.63, 3.8) is 0 Å². The van der Waals surface area contributed by atoms with E-state index < -0.39 is 0 Å². The lowest BCUT2D eigenvalue weighted by molar-refractivity contribution is -0.116. The minimum Gasteiger partial charge on any atom is -0.357 e. The summed E-state index contributed by atoms with van der Waals surface area (Å²) in [6.07, 6.45) is 0.966. The van der Waals surface area contributed by atoms with E-state index in [-0.39, 0.29) is 17.6 Å². The molecule has 0 aliphatic carbocycles. The van der Waals surface area contributed by atoms with Gasteiger partial charge in [-0.2, -0.15) is 0 Å². The van der Waals surface area contributed by atoms with Crippen LogP contribution in [0.2, 0.25) is 0 Å². The maximum Gasteiger partial charge on any atom is 0.225 e. The first-order valence-corrected chi connectivity index (χ1v) is 10.2. The summed E-state index contributed by atoms with van der Waals surface area (Å²) in [6.45, 7) is 3.78. The number of guanidine groups is 1. The third-order valence-corrected chi connectivity index (χ3v) is 5.11. The number of nitrogens with zero attached hydrogens (tertiary/aromatic N) is 1.